The monoisotopic (exact) mass is 280 g/mol. The zero-order valence-electron chi connectivity index (χ0n) is 11.0. The van der Waals surface area contributed by atoms with Gasteiger partial charge in [-0.05, 0) is 31.0 Å². The lowest BCUT2D eigenvalue weighted by Gasteiger charge is -2.13. The van der Waals surface area contributed by atoms with E-state index in [0.717, 1.165) is 5.56 Å². The summed E-state index contributed by atoms with van der Waals surface area (Å²) in [5, 5.41) is 3.92. The van der Waals surface area contributed by atoms with Crippen LogP contribution in [-0.2, 0) is 17.1 Å². The van der Waals surface area contributed by atoms with E-state index in [1.165, 1.54) is 10.9 Å². The fourth-order valence-corrected chi connectivity index (χ4v) is 3.31. The number of nitrogens with two attached hydrogens (primary N) is 1. The van der Waals surface area contributed by atoms with Crippen LogP contribution in [0.5, 0.6) is 0 Å². The Morgan fingerprint density at radius 2 is 2.00 bits per heavy atom. The number of aromatic nitrogens is 2. The highest BCUT2D eigenvalue weighted by Gasteiger charge is 2.21. The minimum absolute atomic E-state index is 0.122. The Bertz CT molecular complexity index is 719. The van der Waals surface area contributed by atoms with Gasteiger partial charge in [0.2, 0.25) is 0 Å². The quantitative estimate of drug-likeness (QED) is 0.832. The first-order chi connectivity index (χ1) is 8.81. The van der Waals surface area contributed by atoms with Gasteiger partial charge in [0.05, 0.1) is 17.6 Å². The summed E-state index contributed by atoms with van der Waals surface area (Å²) >= 11 is 0. The molecule has 0 saturated carbocycles. The smallest absolute Gasteiger partial charge is 0.264 e. The number of benzene rings is 1. The topological polar surface area (TPSA) is 90.0 Å². The highest BCUT2D eigenvalue weighted by Crippen LogP contribution is 2.27. The van der Waals surface area contributed by atoms with Crippen LogP contribution in [0, 0.1) is 13.8 Å². The van der Waals surface area contributed by atoms with E-state index < -0.39 is 10.0 Å². The van der Waals surface area contributed by atoms with Gasteiger partial charge in [0.1, 0.15) is 4.90 Å². The average Bonchev–Trinajstić information content (AvgIpc) is 2.68. The van der Waals surface area contributed by atoms with E-state index in [-0.39, 0.29) is 10.6 Å². The van der Waals surface area contributed by atoms with Crippen LogP contribution in [0.25, 0.3) is 0 Å². The Balaban J connectivity index is 2.48. The zero-order valence-corrected chi connectivity index (χ0v) is 11.8. The van der Waals surface area contributed by atoms with Gasteiger partial charge in [-0.3, -0.25) is 9.40 Å². The van der Waals surface area contributed by atoms with Crippen LogP contribution < -0.4 is 10.5 Å². The summed E-state index contributed by atoms with van der Waals surface area (Å²) in [4.78, 5) is 0.122. The molecule has 19 heavy (non-hydrogen) atoms. The minimum Gasteiger partial charge on any atom is -0.398 e. The number of aryl methyl sites for hydroxylation is 2. The molecule has 0 aliphatic heterocycles. The lowest BCUT2D eigenvalue weighted by atomic mass is 10.1. The molecule has 0 aliphatic carbocycles. The molecule has 102 valence electrons. The molecular formula is C12H16N4O2S. The second-order valence-electron chi connectivity index (χ2n) is 4.43. The number of nitrogens with one attached hydrogen (secondary N) is 1. The first-order valence-electron chi connectivity index (χ1n) is 5.68. The van der Waals surface area contributed by atoms with Crippen molar-refractivity contribution in [3.63, 3.8) is 0 Å². The first-order valence-corrected chi connectivity index (χ1v) is 7.17. The molecule has 1 heterocycles. The second-order valence-corrected chi connectivity index (χ2v) is 6.05. The normalized spacial score (nSPS) is 11.5. The van der Waals surface area contributed by atoms with E-state index in [1.807, 2.05) is 6.92 Å². The second kappa shape index (κ2) is 4.58. The van der Waals surface area contributed by atoms with E-state index in [1.54, 1.807) is 32.3 Å². The Morgan fingerprint density at radius 3 is 2.58 bits per heavy atom. The molecule has 0 radical (unpaired) electrons. The Kier molecular flexibility index (Phi) is 3.23. The fraction of sp³-hybridized carbons (Fsp3) is 0.250. The molecule has 0 atom stereocenters. The van der Waals surface area contributed by atoms with Crippen molar-refractivity contribution in [1.29, 1.82) is 0 Å². The first kappa shape index (κ1) is 13.4. The summed E-state index contributed by atoms with van der Waals surface area (Å²) in [5.41, 5.74) is 7.96. The predicted molar refractivity (Wildman–Crippen MR) is 74.3 cm³/mol. The standard InChI is InChI=1S/C12H16N4O2S/c1-8-4-5-11(13)12(9(8)2)19(17,18)15-10-6-14-16(3)7-10/h4-7,15H,13H2,1-3H3. The van der Waals surface area contributed by atoms with Crippen LogP contribution in [0.4, 0.5) is 11.4 Å². The Labute approximate surface area is 112 Å². The van der Waals surface area contributed by atoms with Gasteiger partial charge >= 0.3 is 0 Å². The third kappa shape index (κ3) is 2.55. The molecule has 2 aromatic rings. The van der Waals surface area contributed by atoms with Crippen LogP contribution in [0.1, 0.15) is 11.1 Å². The summed E-state index contributed by atoms with van der Waals surface area (Å²) < 4.78 is 28.7. The highest BCUT2D eigenvalue weighted by atomic mass is 32.2. The van der Waals surface area contributed by atoms with Gasteiger partial charge in [-0.2, -0.15) is 5.10 Å². The average molecular weight is 280 g/mol. The third-order valence-corrected chi connectivity index (χ3v) is 4.52. The van der Waals surface area contributed by atoms with Crippen molar-refractivity contribution >= 4 is 21.4 Å². The fourth-order valence-electron chi connectivity index (χ4n) is 1.85. The van der Waals surface area contributed by atoms with Crippen molar-refractivity contribution in [3.8, 4) is 0 Å². The number of hydrogen-bond donors (Lipinski definition) is 2. The van der Waals surface area contributed by atoms with Crippen LogP contribution in [0.15, 0.2) is 29.4 Å². The molecule has 6 nitrogen and oxygen atoms in total. The molecule has 0 bridgehead atoms. The molecule has 0 saturated heterocycles. The van der Waals surface area contributed by atoms with Crippen molar-refractivity contribution < 1.29 is 8.42 Å². The molecule has 0 spiro atoms. The molecule has 7 heteroatoms. The lowest BCUT2D eigenvalue weighted by Crippen LogP contribution is -2.16. The van der Waals surface area contributed by atoms with E-state index >= 15 is 0 Å². The van der Waals surface area contributed by atoms with Crippen LogP contribution in [0.3, 0.4) is 0 Å². The van der Waals surface area contributed by atoms with Crippen LogP contribution in [0.2, 0.25) is 0 Å². The van der Waals surface area contributed by atoms with Crippen molar-refractivity contribution in [1.82, 2.24) is 9.78 Å². The lowest BCUT2D eigenvalue weighted by molar-refractivity contribution is 0.601. The van der Waals surface area contributed by atoms with Gasteiger partial charge in [-0.15, -0.1) is 0 Å². The van der Waals surface area contributed by atoms with Gasteiger partial charge in [0.25, 0.3) is 10.0 Å². The van der Waals surface area contributed by atoms with E-state index in [9.17, 15) is 8.42 Å². The van der Waals surface area contributed by atoms with Crippen molar-refractivity contribution in [2.75, 3.05) is 10.5 Å². The van der Waals surface area contributed by atoms with Gasteiger partial charge in [0, 0.05) is 13.2 Å². The largest absolute Gasteiger partial charge is 0.398 e. The molecule has 1 aromatic heterocycles. The van der Waals surface area contributed by atoms with E-state index in [2.05, 4.69) is 9.82 Å². The van der Waals surface area contributed by atoms with Crippen molar-refractivity contribution in [2.45, 2.75) is 18.7 Å². The maximum atomic E-state index is 12.4. The summed E-state index contributed by atoms with van der Waals surface area (Å²) in [6, 6.07) is 3.40. The molecule has 1 aromatic carbocycles. The predicted octanol–water partition coefficient (Wildman–Crippen LogP) is 1.42. The maximum Gasteiger partial charge on any atom is 0.264 e. The zero-order chi connectivity index (χ0) is 14.2. The van der Waals surface area contributed by atoms with Gasteiger partial charge in [-0.1, -0.05) is 6.07 Å². The maximum absolute atomic E-state index is 12.4. The number of nitrogens with zero attached hydrogens (tertiary/aromatic N) is 2. The summed E-state index contributed by atoms with van der Waals surface area (Å²) in [7, 11) is -2.00. The summed E-state index contributed by atoms with van der Waals surface area (Å²) in [5.74, 6) is 0. The van der Waals surface area contributed by atoms with Gasteiger partial charge in [0.15, 0.2) is 0 Å². The van der Waals surface area contributed by atoms with Crippen LogP contribution in [-0.4, -0.2) is 18.2 Å². The summed E-state index contributed by atoms with van der Waals surface area (Å²) in [6.07, 6.45) is 3.03. The molecule has 0 fully saturated rings. The number of anilines is 2. The van der Waals surface area contributed by atoms with E-state index in [4.69, 9.17) is 5.73 Å². The number of rotatable bonds is 3. The molecular weight excluding hydrogens is 264 g/mol. The van der Waals surface area contributed by atoms with Crippen LogP contribution >= 0.6 is 0 Å². The third-order valence-electron chi connectivity index (χ3n) is 2.93. The molecule has 3 N–H and O–H groups in total. The Morgan fingerprint density at radius 1 is 1.32 bits per heavy atom. The van der Waals surface area contributed by atoms with Crippen molar-refractivity contribution in [2.24, 2.45) is 7.05 Å². The SMILES string of the molecule is Cc1ccc(N)c(S(=O)(=O)Nc2cnn(C)c2)c1C. The molecule has 0 unspecified atom stereocenters. The number of sulfonamides is 1. The van der Waals surface area contributed by atoms with Gasteiger partial charge < -0.3 is 5.73 Å². The summed E-state index contributed by atoms with van der Waals surface area (Å²) in [6.45, 7) is 3.58. The highest BCUT2D eigenvalue weighted by molar-refractivity contribution is 7.93. The minimum atomic E-state index is -3.71. The van der Waals surface area contributed by atoms with E-state index in [0.29, 0.717) is 11.3 Å². The molecule has 0 aliphatic rings. The Hall–Kier alpha value is -2.02. The van der Waals surface area contributed by atoms with Gasteiger partial charge in [-0.25, -0.2) is 8.42 Å². The molecule has 0 amide bonds. The number of hydrogen-bond acceptors (Lipinski definition) is 4. The molecule has 2 rings (SSSR count). The van der Waals surface area contributed by atoms with Crippen molar-refractivity contribution in [3.05, 3.63) is 35.7 Å². The number of nitrogen functional groups attached to an aromatic ring is 1.